The third-order valence-corrected chi connectivity index (χ3v) is 3.80. The molecule has 16 heavy (non-hydrogen) atoms. The quantitative estimate of drug-likeness (QED) is 0.821. The van der Waals surface area contributed by atoms with Crippen molar-refractivity contribution in [1.82, 2.24) is 9.97 Å². The van der Waals surface area contributed by atoms with Gasteiger partial charge in [0.25, 0.3) is 0 Å². The lowest BCUT2D eigenvalue weighted by molar-refractivity contribution is 0.460. The van der Waals surface area contributed by atoms with Crippen LogP contribution in [0.3, 0.4) is 0 Å². The molecule has 1 aliphatic carbocycles. The Hall–Kier alpha value is -0.830. The van der Waals surface area contributed by atoms with Crippen LogP contribution in [0.2, 0.25) is 0 Å². The maximum absolute atomic E-state index is 5.64. The van der Waals surface area contributed by atoms with Crippen LogP contribution < -0.4 is 5.73 Å². The zero-order chi connectivity index (χ0) is 11.6. The molecule has 2 rings (SSSR count). The van der Waals surface area contributed by atoms with Gasteiger partial charge in [0.2, 0.25) is 0 Å². The number of hydrogen-bond donors (Lipinski definition) is 2. The number of nitrogens with one attached hydrogen (secondary N) is 1. The van der Waals surface area contributed by atoms with Gasteiger partial charge in [-0.25, -0.2) is 4.98 Å². The number of imidazole rings is 1. The maximum atomic E-state index is 5.64. The summed E-state index contributed by atoms with van der Waals surface area (Å²) in [6.07, 6.45) is 8.38. The molecule has 1 heterocycles. The highest BCUT2D eigenvalue weighted by atomic mass is 14.9. The highest BCUT2D eigenvalue weighted by molar-refractivity contribution is 5.14. The molecule has 1 saturated carbocycles. The van der Waals surface area contributed by atoms with Crippen molar-refractivity contribution in [2.75, 3.05) is 6.54 Å². The minimum Gasteiger partial charge on any atom is -0.345 e. The molecule has 0 saturated heterocycles. The van der Waals surface area contributed by atoms with Gasteiger partial charge in [-0.1, -0.05) is 26.7 Å². The molecule has 3 nitrogen and oxygen atoms in total. The van der Waals surface area contributed by atoms with E-state index in [1.54, 1.807) is 0 Å². The standard InChI is InChI=1S/C13H23N3/c1-13(2,7-8-14)12-15-9-11(16-12)10-5-3-4-6-10/h9-10H,3-8,14H2,1-2H3,(H,15,16). The van der Waals surface area contributed by atoms with Crippen LogP contribution in [-0.2, 0) is 5.41 Å². The van der Waals surface area contributed by atoms with E-state index in [2.05, 4.69) is 23.8 Å². The molecular weight excluding hydrogens is 198 g/mol. The average Bonchev–Trinajstić information content (AvgIpc) is 2.89. The van der Waals surface area contributed by atoms with Gasteiger partial charge in [-0.2, -0.15) is 0 Å². The first-order valence-electron chi connectivity index (χ1n) is 6.39. The van der Waals surface area contributed by atoms with Gasteiger partial charge < -0.3 is 10.7 Å². The van der Waals surface area contributed by atoms with Crippen LogP contribution in [0.15, 0.2) is 6.20 Å². The van der Waals surface area contributed by atoms with Crippen molar-refractivity contribution in [3.8, 4) is 0 Å². The summed E-state index contributed by atoms with van der Waals surface area (Å²) in [5, 5.41) is 0. The van der Waals surface area contributed by atoms with Gasteiger partial charge >= 0.3 is 0 Å². The summed E-state index contributed by atoms with van der Waals surface area (Å²) in [7, 11) is 0. The summed E-state index contributed by atoms with van der Waals surface area (Å²) >= 11 is 0. The van der Waals surface area contributed by atoms with Crippen molar-refractivity contribution in [3.63, 3.8) is 0 Å². The Bertz CT molecular complexity index is 335. The lowest BCUT2D eigenvalue weighted by Gasteiger charge is -2.21. The highest BCUT2D eigenvalue weighted by Crippen LogP contribution is 2.34. The van der Waals surface area contributed by atoms with E-state index >= 15 is 0 Å². The van der Waals surface area contributed by atoms with Crippen molar-refractivity contribution in [1.29, 1.82) is 0 Å². The Labute approximate surface area is 97.8 Å². The van der Waals surface area contributed by atoms with Crippen molar-refractivity contribution >= 4 is 0 Å². The summed E-state index contributed by atoms with van der Waals surface area (Å²) < 4.78 is 0. The molecule has 0 aromatic carbocycles. The Morgan fingerprint density at radius 2 is 2.12 bits per heavy atom. The SMILES string of the molecule is CC(C)(CCN)c1ncc(C2CCCC2)[nH]1. The van der Waals surface area contributed by atoms with Crippen molar-refractivity contribution in [2.24, 2.45) is 5.73 Å². The smallest absolute Gasteiger partial charge is 0.111 e. The first-order valence-corrected chi connectivity index (χ1v) is 6.39. The van der Waals surface area contributed by atoms with E-state index in [0.717, 1.165) is 18.2 Å². The van der Waals surface area contributed by atoms with E-state index in [9.17, 15) is 0 Å². The van der Waals surface area contributed by atoms with Gasteiger partial charge in [0.1, 0.15) is 5.82 Å². The van der Waals surface area contributed by atoms with Crippen LogP contribution in [0.1, 0.15) is 63.4 Å². The molecule has 1 aromatic rings. The molecule has 0 atom stereocenters. The van der Waals surface area contributed by atoms with E-state index < -0.39 is 0 Å². The molecule has 0 bridgehead atoms. The molecule has 0 unspecified atom stereocenters. The summed E-state index contributed by atoms with van der Waals surface area (Å²) in [6.45, 7) is 5.13. The number of aromatic nitrogens is 2. The summed E-state index contributed by atoms with van der Waals surface area (Å²) in [6, 6.07) is 0. The lowest BCUT2D eigenvalue weighted by atomic mass is 9.88. The van der Waals surface area contributed by atoms with E-state index in [4.69, 9.17) is 5.73 Å². The van der Waals surface area contributed by atoms with Crippen LogP contribution in [0.5, 0.6) is 0 Å². The molecule has 0 amide bonds. The number of nitrogens with two attached hydrogens (primary N) is 1. The highest BCUT2D eigenvalue weighted by Gasteiger charge is 2.25. The molecule has 0 aliphatic heterocycles. The van der Waals surface area contributed by atoms with Gasteiger partial charge in [0.15, 0.2) is 0 Å². The normalized spacial score (nSPS) is 18.2. The number of rotatable bonds is 4. The fourth-order valence-electron chi connectivity index (χ4n) is 2.60. The Morgan fingerprint density at radius 1 is 1.44 bits per heavy atom. The van der Waals surface area contributed by atoms with Gasteiger partial charge in [-0.3, -0.25) is 0 Å². The Balaban J connectivity index is 2.12. The molecule has 1 aromatic heterocycles. The number of H-pyrrole nitrogens is 1. The summed E-state index contributed by atoms with van der Waals surface area (Å²) in [5.74, 6) is 1.81. The first-order chi connectivity index (χ1) is 7.63. The lowest BCUT2D eigenvalue weighted by Crippen LogP contribution is -2.23. The van der Waals surface area contributed by atoms with Gasteiger partial charge in [-0.05, 0) is 25.8 Å². The molecule has 1 fully saturated rings. The van der Waals surface area contributed by atoms with Gasteiger partial charge in [-0.15, -0.1) is 0 Å². The second-order valence-corrected chi connectivity index (χ2v) is 5.59. The predicted octanol–water partition coefficient (Wildman–Crippen LogP) is 2.69. The zero-order valence-corrected chi connectivity index (χ0v) is 10.4. The van der Waals surface area contributed by atoms with Crippen LogP contribution >= 0.6 is 0 Å². The molecule has 1 aliphatic rings. The van der Waals surface area contributed by atoms with E-state index in [1.807, 2.05) is 6.20 Å². The van der Waals surface area contributed by atoms with Crippen LogP contribution in [0, 0.1) is 0 Å². The third kappa shape index (κ3) is 2.29. The zero-order valence-electron chi connectivity index (χ0n) is 10.4. The van der Waals surface area contributed by atoms with Crippen LogP contribution in [-0.4, -0.2) is 16.5 Å². The topological polar surface area (TPSA) is 54.7 Å². The maximum Gasteiger partial charge on any atom is 0.111 e. The Morgan fingerprint density at radius 3 is 2.75 bits per heavy atom. The first kappa shape index (κ1) is 11.6. The molecule has 3 N–H and O–H groups in total. The number of aromatic amines is 1. The molecule has 90 valence electrons. The second-order valence-electron chi connectivity index (χ2n) is 5.59. The van der Waals surface area contributed by atoms with Gasteiger partial charge in [0, 0.05) is 23.2 Å². The van der Waals surface area contributed by atoms with E-state index in [1.165, 1.54) is 31.4 Å². The molecule has 0 spiro atoms. The van der Waals surface area contributed by atoms with Gasteiger partial charge in [0.05, 0.1) is 0 Å². The fraction of sp³-hybridized carbons (Fsp3) is 0.769. The summed E-state index contributed by atoms with van der Waals surface area (Å²) in [4.78, 5) is 8.05. The fourth-order valence-corrected chi connectivity index (χ4v) is 2.60. The minimum atomic E-state index is 0.0750. The van der Waals surface area contributed by atoms with Crippen LogP contribution in [0.25, 0.3) is 0 Å². The van der Waals surface area contributed by atoms with Crippen molar-refractivity contribution in [2.45, 2.75) is 57.3 Å². The van der Waals surface area contributed by atoms with Crippen molar-refractivity contribution in [3.05, 3.63) is 17.7 Å². The number of nitrogens with zero attached hydrogens (tertiary/aromatic N) is 1. The monoisotopic (exact) mass is 221 g/mol. The number of hydrogen-bond acceptors (Lipinski definition) is 2. The average molecular weight is 221 g/mol. The van der Waals surface area contributed by atoms with E-state index in [0.29, 0.717) is 6.54 Å². The Kier molecular flexibility index (Phi) is 3.33. The molecular formula is C13H23N3. The molecule has 0 radical (unpaired) electrons. The largest absolute Gasteiger partial charge is 0.345 e. The summed E-state index contributed by atoms with van der Waals surface area (Å²) in [5.41, 5.74) is 7.05. The third-order valence-electron chi connectivity index (χ3n) is 3.80. The molecule has 3 heteroatoms. The predicted molar refractivity (Wildman–Crippen MR) is 66.5 cm³/mol. The second kappa shape index (κ2) is 4.58. The minimum absolute atomic E-state index is 0.0750. The van der Waals surface area contributed by atoms with Crippen LogP contribution in [0.4, 0.5) is 0 Å². The van der Waals surface area contributed by atoms with Crippen molar-refractivity contribution < 1.29 is 0 Å². The van der Waals surface area contributed by atoms with E-state index in [-0.39, 0.29) is 5.41 Å².